The lowest BCUT2D eigenvalue weighted by molar-refractivity contribution is -0.147. The van der Waals surface area contributed by atoms with Gasteiger partial charge in [0.05, 0.1) is 34.3 Å². The van der Waals surface area contributed by atoms with Crippen molar-refractivity contribution in [1.82, 2.24) is 4.98 Å². The molecule has 0 fully saturated rings. The molecule has 1 aromatic carbocycles. The van der Waals surface area contributed by atoms with Gasteiger partial charge in [0, 0.05) is 16.7 Å². The van der Waals surface area contributed by atoms with Gasteiger partial charge in [0.15, 0.2) is 0 Å². The van der Waals surface area contributed by atoms with Gasteiger partial charge in [-0.2, -0.15) is 0 Å². The van der Waals surface area contributed by atoms with Crippen LogP contribution < -0.4 is 0 Å². The molecular weight excluding hydrogens is 452 g/mol. The molecule has 28 heavy (non-hydrogen) atoms. The Bertz CT molecular complexity index is 897. The van der Waals surface area contributed by atoms with Crippen molar-refractivity contribution in [2.75, 3.05) is 13.7 Å². The maximum Gasteiger partial charge on any atom is 0.319 e. The summed E-state index contributed by atoms with van der Waals surface area (Å²) in [7, 11) is 1.25. The maximum absolute atomic E-state index is 14.4. The lowest BCUT2D eigenvalue weighted by Gasteiger charge is -2.14. The van der Waals surface area contributed by atoms with E-state index in [1.807, 2.05) is 0 Å². The first-order valence-electron chi connectivity index (χ1n) is 7.93. The molecule has 0 N–H and O–H groups in total. The number of pyridine rings is 1. The molecule has 0 aliphatic rings. The molecule has 0 spiro atoms. The van der Waals surface area contributed by atoms with E-state index in [0.29, 0.717) is 9.92 Å². The highest BCUT2D eigenvalue weighted by atomic mass is 35.5. The van der Waals surface area contributed by atoms with Crippen molar-refractivity contribution in [2.45, 2.75) is 23.5 Å². The van der Waals surface area contributed by atoms with Gasteiger partial charge in [-0.25, -0.2) is 4.39 Å². The van der Waals surface area contributed by atoms with Crippen LogP contribution in [0, 0.1) is 5.82 Å². The average Bonchev–Trinajstić information content (AvgIpc) is 2.64. The van der Waals surface area contributed by atoms with Crippen molar-refractivity contribution < 1.29 is 23.5 Å². The molecule has 0 radical (unpaired) electrons. The largest absolute Gasteiger partial charge is 0.469 e. The summed E-state index contributed by atoms with van der Waals surface area (Å²) in [5, 5.41) is -0.0198. The molecule has 150 valence electrons. The van der Waals surface area contributed by atoms with Gasteiger partial charge in [0.25, 0.3) is 0 Å². The van der Waals surface area contributed by atoms with Gasteiger partial charge in [0.1, 0.15) is 17.7 Å². The van der Waals surface area contributed by atoms with Crippen LogP contribution in [0.25, 0.3) is 11.3 Å². The highest BCUT2D eigenvalue weighted by molar-refractivity contribution is 8.00. The van der Waals surface area contributed by atoms with Crippen LogP contribution in [0.1, 0.15) is 13.3 Å². The molecule has 0 amide bonds. The molecule has 10 heteroatoms. The fraction of sp³-hybridized carbons (Fsp3) is 0.278. The second kappa shape index (κ2) is 10.3. The lowest BCUT2D eigenvalue weighted by atomic mass is 10.1. The molecule has 1 atom stereocenters. The van der Waals surface area contributed by atoms with E-state index in [2.05, 4.69) is 9.72 Å². The Hall–Kier alpha value is -1.54. The Labute approximate surface area is 180 Å². The van der Waals surface area contributed by atoms with Crippen molar-refractivity contribution in [1.29, 1.82) is 0 Å². The van der Waals surface area contributed by atoms with Crippen LogP contribution in [0.3, 0.4) is 0 Å². The molecule has 0 aliphatic heterocycles. The number of thioether (sulfide) groups is 1. The zero-order chi connectivity index (χ0) is 20.8. The smallest absolute Gasteiger partial charge is 0.319 e. The minimum Gasteiger partial charge on any atom is -0.469 e. The summed E-state index contributed by atoms with van der Waals surface area (Å²) in [5.41, 5.74) is 0.329. The first-order chi connectivity index (χ1) is 13.2. The van der Waals surface area contributed by atoms with Crippen LogP contribution in [0.4, 0.5) is 4.39 Å². The SMILES string of the molecule is COC(=O)CCOC(=O)C(C)Sc1cc(-c2ncc(Cl)cc2Cl)c(F)cc1Cl. The molecule has 0 saturated carbocycles. The molecule has 0 bridgehead atoms. The number of hydrogen-bond acceptors (Lipinski definition) is 6. The van der Waals surface area contributed by atoms with Crippen LogP contribution >= 0.6 is 46.6 Å². The Morgan fingerprint density at radius 3 is 2.57 bits per heavy atom. The topological polar surface area (TPSA) is 65.5 Å². The van der Waals surface area contributed by atoms with E-state index in [-0.39, 0.29) is 34.3 Å². The number of benzene rings is 1. The molecule has 1 aromatic heterocycles. The van der Waals surface area contributed by atoms with Crippen molar-refractivity contribution in [3.8, 4) is 11.3 Å². The van der Waals surface area contributed by atoms with Gasteiger partial charge in [-0.3, -0.25) is 14.6 Å². The Morgan fingerprint density at radius 1 is 1.21 bits per heavy atom. The molecular formula is C18H15Cl3FNO4S. The molecule has 1 heterocycles. The van der Waals surface area contributed by atoms with E-state index in [1.54, 1.807) is 6.92 Å². The van der Waals surface area contributed by atoms with Gasteiger partial charge in [-0.15, -0.1) is 11.8 Å². The van der Waals surface area contributed by atoms with E-state index >= 15 is 0 Å². The van der Waals surface area contributed by atoms with Gasteiger partial charge in [0.2, 0.25) is 0 Å². The lowest BCUT2D eigenvalue weighted by Crippen LogP contribution is -2.19. The second-order valence-electron chi connectivity index (χ2n) is 5.50. The summed E-state index contributed by atoms with van der Waals surface area (Å²) in [5.74, 6) is -1.63. The van der Waals surface area contributed by atoms with Crippen LogP contribution in [0.5, 0.6) is 0 Å². The summed E-state index contributed by atoms with van der Waals surface area (Å²) in [6, 6.07) is 4.04. The summed E-state index contributed by atoms with van der Waals surface area (Å²) in [4.78, 5) is 27.7. The van der Waals surface area contributed by atoms with E-state index in [0.717, 1.165) is 17.8 Å². The predicted octanol–water partition coefficient (Wildman–Crippen LogP) is 5.43. The number of aromatic nitrogens is 1. The summed E-state index contributed by atoms with van der Waals surface area (Å²) in [6.07, 6.45) is 1.31. The minimum absolute atomic E-state index is 0.0399. The van der Waals surface area contributed by atoms with Gasteiger partial charge in [-0.05, 0) is 25.1 Å². The van der Waals surface area contributed by atoms with Gasteiger partial charge >= 0.3 is 11.9 Å². The number of carbonyl (C=O) groups excluding carboxylic acids is 2. The van der Waals surface area contributed by atoms with Crippen LogP contribution in [-0.2, 0) is 19.1 Å². The number of nitrogens with zero attached hydrogens (tertiary/aromatic N) is 1. The van der Waals surface area contributed by atoms with Gasteiger partial charge < -0.3 is 9.47 Å². The monoisotopic (exact) mass is 465 g/mol. The Morgan fingerprint density at radius 2 is 1.93 bits per heavy atom. The number of hydrogen-bond donors (Lipinski definition) is 0. The first kappa shape index (κ1) is 22.7. The van der Waals surface area contributed by atoms with Crippen LogP contribution in [0.15, 0.2) is 29.3 Å². The number of methoxy groups -OCH3 is 1. The fourth-order valence-corrected chi connectivity index (χ4v) is 3.78. The van der Waals surface area contributed by atoms with E-state index in [1.165, 1.54) is 25.4 Å². The average molecular weight is 467 g/mol. The zero-order valence-corrected chi connectivity index (χ0v) is 17.9. The van der Waals surface area contributed by atoms with Crippen molar-refractivity contribution in [3.63, 3.8) is 0 Å². The van der Waals surface area contributed by atoms with Crippen molar-refractivity contribution >= 4 is 58.5 Å². The zero-order valence-electron chi connectivity index (χ0n) is 14.8. The van der Waals surface area contributed by atoms with Crippen LogP contribution in [-0.4, -0.2) is 35.9 Å². The first-order valence-corrected chi connectivity index (χ1v) is 9.94. The normalized spacial score (nSPS) is 11.8. The highest BCUT2D eigenvalue weighted by Crippen LogP contribution is 2.38. The van der Waals surface area contributed by atoms with Gasteiger partial charge in [-0.1, -0.05) is 34.8 Å². The fourth-order valence-electron chi connectivity index (χ4n) is 2.11. The standard InChI is InChI=1S/C18H15Cl3FNO4S/c1-9(18(25)27-4-3-16(24)26-2)28-15-6-11(14(22)7-12(15)20)17-13(21)5-10(19)8-23-17/h5-9H,3-4H2,1-2H3. The number of halogens is 4. The molecule has 2 rings (SSSR count). The second-order valence-corrected chi connectivity index (χ2v) is 8.13. The van der Waals surface area contributed by atoms with E-state index < -0.39 is 23.0 Å². The van der Waals surface area contributed by atoms with E-state index in [4.69, 9.17) is 39.5 Å². The predicted molar refractivity (Wildman–Crippen MR) is 108 cm³/mol. The molecule has 2 aromatic rings. The Kier molecular flexibility index (Phi) is 8.37. The molecule has 1 unspecified atom stereocenters. The number of carbonyl (C=O) groups is 2. The minimum atomic E-state index is -0.651. The number of esters is 2. The third-order valence-electron chi connectivity index (χ3n) is 3.50. The maximum atomic E-state index is 14.4. The summed E-state index contributed by atoms with van der Waals surface area (Å²) < 4.78 is 23.9. The molecule has 0 aliphatic carbocycles. The van der Waals surface area contributed by atoms with Crippen molar-refractivity contribution in [2.24, 2.45) is 0 Å². The third-order valence-corrected chi connectivity index (χ3v) is 5.56. The Balaban J connectivity index is 2.17. The quantitative estimate of drug-likeness (QED) is 0.400. The summed E-state index contributed by atoms with van der Waals surface area (Å²) >= 11 is 19.1. The third kappa shape index (κ3) is 5.98. The summed E-state index contributed by atoms with van der Waals surface area (Å²) in [6.45, 7) is 1.52. The number of rotatable bonds is 7. The van der Waals surface area contributed by atoms with E-state index in [9.17, 15) is 14.0 Å². The molecule has 5 nitrogen and oxygen atoms in total. The van der Waals surface area contributed by atoms with Crippen LogP contribution in [0.2, 0.25) is 15.1 Å². The number of ether oxygens (including phenoxy) is 2. The highest BCUT2D eigenvalue weighted by Gasteiger charge is 2.21. The van der Waals surface area contributed by atoms with Crippen molar-refractivity contribution in [3.05, 3.63) is 45.3 Å². The molecule has 0 saturated heterocycles.